The summed E-state index contributed by atoms with van der Waals surface area (Å²) in [5.74, 6) is -1.92. The number of hydrogen-bond donors (Lipinski definition) is 4. The first-order chi connectivity index (χ1) is 9.04. The maximum Gasteiger partial charge on any atom is 0.334 e. The number of hydrogen-bond acceptors (Lipinski definition) is 5. The summed E-state index contributed by atoms with van der Waals surface area (Å²) in [5.41, 5.74) is 3.92. The zero-order valence-electron chi connectivity index (χ0n) is 9.54. The second-order valence-electron chi connectivity index (χ2n) is 3.27. The molecule has 3 amide bonds. The van der Waals surface area contributed by atoms with Gasteiger partial charge >= 0.3 is 12.0 Å². The van der Waals surface area contributed by atoms with Crippen molar-refractivity contribution in [2.45, 2.75) is 12.5 Å². The van der Waals surface area contributed by atoms with Crippen molar-refractivity contribution in [1.29, 1.82) is 5.26 Å². The standard InChI is InChI=1S/C10H10N4O4S/c11-4-3-7(15)13-14-10(18)12-8(9(16)17)6-2-1-5-19-6/h1-2,5,8H,3H2,(H,13,15)(H,16,17)(H2,12,14,18). The maximum absolute atomic E-state index is 11.4. The van der Waals surface area contributed by atoms with E-state index in [1.807, 2.05) is 10.9 Å². The van der Waals surface area contributed by atoms with Crippen molar-refractivity contribution < 1.29 is 19.5 Å². The van der Waals surface area contributed by atoms with E-state index in [-0.39, 0.29) is 0 Å². The third kappa shape index (κ3) is 4.64. The topological polar surface area (TPSA) is 131 Å². The van der Waals surface area contributed by atoms with Crippen LogP contribution in [0.15, 0.2) is 17.5 Å². The number of carboxylic acid groups (broad SMARTS) is 1. The molecule has 0 aliphatic heterocycles. The third-order valence-electron chi connectivity index (χ3n) is 1.91. The first kappa shape index (κ1) is 14.5. The highest BCUT2D eigenvalue weighted by atomic mass is 32.1. The normalized spacial score (nSPS) is 10.9. The lowest BCUT2D eigenvalue weighted by Crippen LogP contribution is -2.48. The molecule has 0 saturated heterocycles. The minimum absolute atomic E-state index is 0.409. The van der Waals surface area contributed by atoms with Gasteiger partial charge in [0.1, 0.15) is 6.42 Å². The Balaban J connectivity index is 2.52. The number of nitriles is 1. The SMILES string of the molecule is N#CCC(=O)NNC(=O)NC(C(=O)O)c1cccs1. The molecule has 1 aromatic heterocycles. The van der Waals surface area contributed by atoms with Gasteiger partial charge in [-0.15, -0.1) is 11.3 Å². The summed E-state index contributed by atoms with van der Waals surface area (Å²) < 4.78 is 0. The van der Waals surface area contributed by atoms with Gasteiger partial charge in [0, 0.05) is 4.88 Å². The van der Waals surface area contributed by atoms with Crippen molar-refractivity contribution in [3.8, 4) is 6.07 Å². The smallest absolute Gasteiger partial charge is 0.334 e. The highest BCUT2D eigenvalue weighted by Gasteiger charge is 2.22. The molecule has 1 rings (SSSR count). The van der Waals surface area contributed by atoms with Gasteiger partial charge in [-0.3, -0.25) is 10.2 Å². The molecule has 0 saturated carbocycles. The van der Waals surface area contributed by atoms with Crippen molar-refractivity contribution in [1.82, 2.24) is 16.2 Å². The van der Waals surface area contributed by atoms with E-state index in [1.165, 1.54) is 11.3 Å². The molecule has 1 heterocycles. The van der Waals surface area contributed by atoms with E-state index in [4.69, 9.17) is 10.4 Å². The Morgan fingerprint density at radius 2 is 2.16 bits per heavy atom. The van der Waals surface area contributed by atoms with Crippen LogP contribution in [0.1, 0.15) is 17.3 Å². The Kier molecular flexibility index (Phi) is 5.31. The van der Waals surface area contributed by atoms with E-state index in [1.54, 1.807) is 23.6 Å². The number of thiophene rings is 1. The molecule has 0 aromatic carbocycles. The average Bonchev–Trinajstić information content (AvgIpc) is 2.87. The van der Waals surface area contributed by atoms with Gasteiger partial charge in [-0.25, -0.2) is 15.0 Å². The van der Waals surface area contributed by atoms with Crippen LogP contribution in [-0.4, -0.2) is 23.0 Å². The lowest BCUT2D eigenvalue weighted by Gasteiger charge is -2.13. The van der Waals surface area contributed by atoms with Crippen molar-refractivity contribution in [2.24, 2.45) is 0 Å². The van der Waals surface area contributed by atoms with E-state index in [0.717, 1.165) is 0 Å². The van der Waals surface area contributed by atoms with E-state index in [0.29, 0.717) is 4.88 Å². The van der Waals surface area contributed by atoms with Crippen LogP contribution in [0.25, 0.3) is 0 Å². The first-order valence-corrected chi connectivity index (χ1v) is 5.91. The molecule has 4 N–H and O–H groups in total. The number of carboxylic acids is 1. The van der Waals surface area contributed by atoms with Gasteiger partial charge in [0.2, 0.25) is 0 Å². The number of hydrazine groups is 1. The molecule has 0 radical (unpaired) electrons. The lowest BCUT2D eigenvalue weighted by atomic mass is 10.2. The minimum Gasteiger partial charge on any atom is -0.479 e. The molecular formula is C10H10N4O4S. The molecule has 1 atom stereocenters. The molecule has 0 bridgehead atoms. The summed E-state index contributed by atoms with van der Waals surface area (Å²) >= 11 is 1.18. The van der Waals surface area contributed by atoms with Crippen LogP contribution >= 0.6 is 11.3 Å². The minimum atomic E-state index is -1.22. The molecule has 8 nitrogen and oxygen atoms in total. The number of amides is 3. The van der Waals surface area contributed by atoms with Gasteiger partial charge in [-0.1, -0.05) is 6.07 Å². The zero-order valence-corrected chi connectivity index (χ0v) is 10.4. The fraction of sp³-hybridized carbons (Fsp3) is 0.200. The summed E-state index contributed by atoms with van der Waals surface area (Å²) in [6.07, 6.45) is -0.409. The predicted octanol–water partition coefficient (Wildman–Crippen LogP) is 0.118. The highest BCUT2D eigenvalue weighted by Crippen LogP contribution is 2.18. The van der Waals surface area contributed by atoms with Gasteiger partial charge in [0.05, 0.1) is 6.07 Å². The van der Waals surface area contributed by atoms with E-state index >= 15 is 0 Å². The molecule has 0 spiro atoms. The van der Waals surface area contributed by atoms with Crippen LogP contribution in [0.3, 0.4) is 0 Å². The summed E-state index contributed by atoms with van der Waals surface area (Å²) in [6.45, 7) is 0. The monoisotopic (exact) mass is 282 g/mol. The molecule has 100 valence electrons. The number of carbonyl (C=O) groups is 3. The molecule has 1 unspecified atom stereocenters. The van der Waals surface area contributed by atoms with Crippen molar-refractivity contribution in [2.75, 3.05) is 0 Å². The molecule has 1 aromatic rings. The van der Waals surface area contributed by atoms with Crippen molar-refractivity contribution in [3.05, 3.63) is 22.4 Å². The summed E-state index contributed by atoms with van der Waals surface area (Å²) in [4.78, 5) is 33.7. The van der Waals surface area contributed by atoms with E-state index < -0.39 is 30.4 Å². The number of carbonyl (C=O) groups excluding carboxylic acids is 2. The van der Waals surface area contributed by atoms with Crippen molar-refractivity contribution >= 4 is 29.2 Å². The van der Waals surface area contributed by atoms with Gasteiger partial charge in [-0.2, -0.15) is 5.26 Å². The molecule has 0 fully saturated rings. The van der Waals surface area contributed by atoms with Gasteiger partial charge in [-0.05, 0) is 11.4 Å². The fourth-order valence-electron chi connectivity index (χ4n) is 1.12. The quantitative estimate of drug-likeness (QED) is 0.582. The van der Waals surface area contributed by atoms with Gasteiger partial charge in [0.25, 0.3) is 5.91 Å². The Morgan fingerprint density at radius 3 is 2.68 bits per heavy atom. The maximum atomic E-state index is 11.4. The largest absolute Gasteiger partial charge is 0.479 e. The number of nitrogens with one attached hydrogen (secondary N) is 3. The van der Waals surface area contributed by atoms with Gasteiger partial charge < -0.3 is 10.4 Å². The Hall–Kier alpha value is -2.60. The number of aliphatic carboxylic acids is 1. The Morgan fingerprint density at radius 1 is 1.42 bits per heavy atom. The molecule has 19 heavy (non-hydrogen) atoms. The van der Waals surface area contributed by atoms with Crippen molar-refractivity contribution in [3.63, 3.8) is 0 Å². The lowest BCUT2D eigenvalue weighted by molar-refractivity contribution is -0.139. The number of rotatable bonds is 4. The fourth-order valence-corrected chi connectivity index (χ4v) is 1.89. The van der Waals surface area contributed by atoms with Crippen LogP contribution in [0.4, 0.5) is 4.79 Å². The van der Waals surface area contributed by atoms with Crippen LogP contribution < -0.4 is 16.2 Å². The van der Waals surface area contributed by atoms with Gasteiger partial charge in [0.15, 0.2) is 6.04 Å². The third-order valence-corrected chi connectivity index (χ3v) is 2.84. The first-order valence-electron chi connectivity index (χ1n) is 5.03. The highest BCUT2D eigenvalue weighted by molar-refractivity contribution is 7.10. The molecular weight excluding hydrogens is 272 g/mol. The second-order valence-corrected chi connectivity index (χ2v) is 4.25. The van der Waals surface area contributed by atoms with Crippen LogP contribution in [0, 0.1) is 11.3 Å². The second kappa shape index (κ2) is 6.97. The summed E-state index contributed by atoms with van der Waals surface area (Å²) in [5, 5.41) is 21.1. The molecule has 9 heteroatoms. The molecule has 0 aliphatic rings. The number of nitrogens with zero attached hydrogens (tertiary/aromatic N) is 1. The molecule has 0 aliphatic carbocycles. The Labute approximate surface area is 112 Å². The van der Waals surface area contributed by atoms with Crippen LogP contribution in [0.2, 0.25) is 0 Å². The average molecular weight is 282 g/mol. The van der Waals surface area contributed by atoms with E-state index in [2.05, 4.69) is 5.32 Å². The summed E-state index contributed by atoms with van der Waals surface area (Å²) in [7, 11) is 0. The zero-order chi connectivity index (χ0) is 14.3. The Bertz CT molecular complexity index is 508. The number of urea groups is 1. The predicted molar refractivity (Wildman–Crippen MR) is 64.7 cm³/mol. The van der Waals surface area contributed by atoms with E-state index in [9.17, 15) is 14.4 Å². The summed E-state index contributed by atoms with van der Waals surface area (Å²) in [6, 6.07) is 2.74. The van der Waals surface area contributed by atoms with Crippen LogP contribution in [0.5, 0.6) is 0 Å². The van der Waals surface area contributed by atoms with Crippen LogP contribution in [-0.2, 0) is 9.59 Å².